The smallest absolute Gasteiger partial charge is 0.335 e. The summed E-state index contributed by atoms with van der Waals surface area (Å²) in [6.45, 7) is 1.27. The minimum atomic E-state index is -4.51. The van der Waals surface area contributed by atoms with Gasteiger partial charge in [0.2, 0.25) is 0 Å². The van der Waals surface area contributed by atoms with E-state index >= 15 is 0 Å². The average Bonchev–Trinajstić information content (AvgIpc) is 2.94. The topological polar surface area (TPSA) is 72.5 Å². The highest BCUT2D eigenvalue weighted by Gasteiger charge is 2.37. The number of fused-ring (bicyclic) bond motifs is 1. The zero-order chi connectivity index (χ0) is 19.1. The van der Waals surface area contributed by atoms with E-state index in [4.69, 9.17) is 0 Å². The third-order valence-electron chi connectivity index (χ3n) is 4.46. The summed E-state index contributed by atoms with van der Waals surface area (Å²) in [4.78, 5) is 8.16. The highest BCUT2D eigenvalue weighted by molar-refractivity contribution is 7.86. The Morgan fingerprint density at radius 2 is 1.88 bits per heavy atom. The number of piperazine rings is 1. The van der Waals surface area contributed by atoms with Crippen molar-refractivity contribution in [1.29, 1.82) is 0 Å². The number of hydrogen-bond donors (Lipinski definition) is 1. The molecule has 0 aliphatic carbocycles. The summed E-state index contributed by atoms with van der Waals surface area (Å²) >= 11 is 0. The van der Waals surface area contributed by atoms with Crippen molar-refractivity contribution in [3.63, 3.8) is 0 Å². The van der Waals surface area contributed by atoms with Crippen LogP contribution in [0.4, 0.5) is 13.2 Å². The molecule has 0 unspecified atom stereocenters. The molecule has 0 bridgehead atoms. The normalized spacial score (nSPS) is 18.1. The van der Waals surface area contributed by atoms with E-state index in [1.165, 1.54) is 24.6 Å². The second kappa shape index (κ2) is 6.80. The fourth-order valence-electron chi connectivity index (χ4n) is 3.06. The molecule has 3 rings (SSSR count). The van der Waals surface area contributed by atoms with Gasteiger partial charge in [-0.25, -0.2) is 4.98 Å². The van der Waals surface area contributed by atoms with Crippen LogP contribution in [0.2, 0.25) is 0 Å². The van der Waals surface area contributed by atoms with Gasteiger partial charge in [0.1, 0.15) is 11.3 Å². The Kier molecular flexibility index (Phi) is 4.99. The summed E-state index contributed by atoms with van der Waals surface area (Å²) < 4.78 is 66.9. The molecule has 1 saturated heterocycles. The van der Waals surface area contributed by atoms with Crippen LogP contribution in [0.25, 0.3) is 11.0 Å². The molecule has 1 fully saturated rings. The number of hydrogen-bond acceptors (Lipinski definition) is 4. The van der Waals surface area contributed by atoms with Crippen molar-refractivity contribution in [2.24, 2.45) is 0 Å². The molecule has 7 nitrogen and oxygen atoms in total. The minimum Gasteiger partial charge on any atom is -0.335 e. The zero-order valence-electron chi connectivity index (χ0n) is 14.4. The van der Waals surface area contributed by atoms with Gasteiger partial charge in [-0.05, 0) is 12.1 Å². The molecule has 1 aliphatic heterocycles. The van der Waals surface area contributed by atoms with E-state index in [9.17, 15) is 21.6 Å². The molecule has 0 saturated carbocycles. The molecule has 2 aromatic rings. The van der Waals surface area contributed by atoms with E-state index in [1.54, 1.807) is 12.1 Å². The lowest BCUT2D eigenvalue weighted by molar-refractivity contribution is -0.141. The number of nitrogens with zero attached hydrogens (tertiary/aromatic N) is 4. The molecule has 0 atom stereocenters. The van der Waals surface area contributed by atoms with Gasteiger partial charge in [-0.15, -0.1) is 0 Å². The molecule has 1 N–H and O–H groups in total. The lowest BCUT2D eigenvalue weighted by Gasteiger charge is -2.35. The van der Waals surface area contributed by atoms with E-state index in [2.05, 4.69) is 9.97 Å². The second-order valence-corrected chi connectivity index (χ2v) is 8.48. The van der Waals surface area contributed by atoms with Gasteiger partial charge in [-0.3, -0.25) is 4.90 Å². The number of aromatic nitrogens is 2. The number of H-pyrrole nitrogens is 1. The van der Waals surface area contributed by atoms with Gasteiger partial charge < -0.3 is 4.98 Å². The SMILES string of the molecule is CN(C)S(=O)(=O)N1CCN(Cc2c(C(F)(F)F)[nH]c3ncccc23)CC1. The lowest BCUT2D eigenvalue weighted by atomic mass is 10.1. The van der Waals surface area contributed by atoms with Crippen molar-refractivity contribution < 1.29 is 21.6 Å². The summed E-state index contributed by atoms with van der Waals surface area (Å²) in [5.74, 6) is 0. The first-order valence-corrected chi connectivity index (χ1v) is 9.43. The first-order valence-electron chi connectivity index (χ1n) is 8.03. The molecule has 0 radical (unpaired) electrons. The summed E-state index contributed by atoms with van der Waals surface area (Å²) in [6, 6.07) is 3.21. The number of pyridine rings is 1. The maximum absolute atomic E-state index is 13.4. The molecular weight excluding hydrogens is 371 g/mol. The van der Waals surface area contributed by atoms with Gasteiger partial charge in [0.15, 0.2) is 0 Å². The summed E-state index contributed by atoms with van der Waals surface area (Å²) in [5, 5.41) is 0.433. The van der Waals surface area contributed by atoms with Crippen LogP contribution in [0, 0.1) is 0 Å². The molecule has 11 heteroatoms. The van der Waals surface area contributed by atoms with Crippen LogP contribution in [-0.4, -0.2) is 72.2 Å². The zero-order valence-corrected chi connectivity index (χ0v) is 15.2. The van der Waals surface area contributed by atoms with Crippen molar-refractivity contribution in [2.45, 2.75) is 12.7 Å². The van der Waals surface area contributed by atoms with Crippen LogP contribution in [0.15, 0.2) is 18.3 Å². The molecule has 26 heavy (non-hydrogen) atoms. The van der Waals surface area contributed by atoms with Crippen molar-refractivity contribution in [1.82, 2.24) is 23.5 Å². The van der Waals surface area contributed by atoms with Crippen LogP contribution in [0.1, 0.15) is 11.3 Å². The molecular formula is C15H20F3N5O2S. The Balaban J connectivity index is 1.81. The molecule has 144 valence electrons. The molecule has 2 aromatic heterocycles. The Bertz CT molecular complexity index is 886. The highest BCUT2D eigenvalue weighted by atomic mass is 32.2. The average molecular weight is 391 g/mol. The number of halogens is 3. The predicted octanol–water partition coefficient (Wildman–Crippen LogP) is 1.51. The lowest BCUT2D eigenvalue weighted by Crippen LogP contribution is -2.51. The van der Waals surface area contributed by atoms with Crippen LogP contribution in [-0.2, 0) is 22.9 Å². The van der Waals surface area contributed by atoms with Gasteiger partial charge in [0.25, 0.3) is 10.2 Å². The van der Waals surface area contributed by atoms with Crippen LogP contribution in [0.5, 0.6) is 0 Å². The van der Waals surface area contributed by atoms with E-state index in [0.717, 1.165) is 4.31 Å². The number of alkyl halides is 3. The maximum atomic E-state index is 13.4. The molecule has 0 aromatic carbocycles. The second-order valence-electron chi connectivity index (χ2n) is 6.34. The van der Waals surface area contributed by atoms with Crippen LogP contribution < -0.4 is 0 Å². The van der Waals surface area contributed by atoms with Crippen molar-refractivity contribution >= 4 is 21.2 Å². The monoisotopic (exact) mass is 391 g/mol. The number of nitrogens with one attached hydrogen (secondary N) is 1. The van der Waals surface area contributed by atoms with E-state index < -0.39 is 22.1 Å². The third-order valence-corrected chi connectivity index (χ3v) is 6.40. The first kappa shape index (κ1) is 19.1. The fourth-order valence-corrected chi connectivity index (χ4v) is 4.14. The Morgan fingerprint density at radius 3 is 2.46 bits per heavy atom. The quantitative estimate of drug-likeness (QED) is 0.858. The summed E-state index contributed by atoms with van der Waals surface area (Å²) in [7, 11) is -0.598. The Labute approximate surface area is 149 Å². The van der Waals surface area contributed by atoms with Crippen LogP contribution in [0.3, 0.4) is 0 Å². The Morgan fingerprint density at radius 1 is 1.23 bits per heavy atom. The molecule has 0 amide bonds. The van der Waals surface area contributed by atoms with Crippen molar-refractivity contribution in [2.75, 3.05) is 40.3 Å². The van der Waals surface area contributed by atoms with E-state index in [-0.39, 0.29) is 30.8 Å². The van der Waals surface area contributed by atoms with E-state index in [1.807, 2.05) is 4.90 Å². The van der Waals surface area contributed by atoms with Gasteiger partial charge >= 0.3 is 6.18 Å². The predicted molar refractivity (Wildman–Crippen MR) is 90.6 cm³/mol. The van der Waals surface area contributed by atoms with E-state index in [0.29, 0.717) is 18.5 Å². The highest BCUT2D eigenvalue weighted by Crippen LogP contribution is 2.35. The minimum absolute atomic E-state index is 0.0798. The number of rotatable bonds is 4. The van der Waals surface area contributed by atoms with Crippen LogP contribution >= 0.6 is 0 Å². The van der Waals surface area contributed by atoms with Gasteiger partial charge in [-0.1, -0.05) is 0 Å². The maximum Gasteiger partial charge on any atom is 0.431 e. The van der Waals surface area contributed by atoms with Gasteiger partial charge in [0, 0.05) is 64.0 Å². The first-order chi connectivity index (χ1) is 12.1. The largest absolute Gasteiger partial charge is 0.431 e. The third kappa shape index (κ3) is 3.56. The molecule has 0 spiro atoms. The van der Waals surface area contributed by atoms with Crippen molar-refractivity contribution in [3.05, 3.63) is 29.6 Å². The summed E-state index contributed by atoms with van der Waals surface area (Å²) in [5.41, 5.74) is -0.456. The Hall–Kier alpha value is -1.69. The summed E-state index contributed by atoms with van der Waals surface area (Å²) in [6.07, 6.45) is -3.07. The number of aromatic amines is 1. The molecule has 1 aliphatic rings. The fraction of sp³-hybridized carbons (Fsp3) is 0.533. The standard InChI is InChI=1S/C15H20F3N5O2S/c1-21(2)26(24,25)23-8-6-22(7-9-23)10-12-11-4-3-5-19-14(11)20-13(12)15(16,17)18/h3-5H,6-10H2,1-2H3,(H,19,20). The van der Waals surface area contributed by atoms with Gasteiger partial charge in [0.05, 0.1) is 0 Å². The van der Waals surface area contributed by atoms with Crippen molar-refractivity contribution in [3.8, 4) is 0 Å². The molecule has 3 heterocycles. The van der Waals surface area contributed by atoms with Gasteiger partial charge in [-0.2, -0.15) is 30.2 Å².